The zero-order chi connectivity index (χ0) is 13.1. The molecule has 0 aliphatic carbocycles. The lowest BCUT2D eigenvalue weighted by Gasteiger charge is -2.06. The number of nitrogens with one attached hydrogen (secondary N) is 1. The van der Waals surface area contributed by atoms with Gasteiger partial charge in [0.1, 0.15) is 0 Å². The van der Waals surface area contributed by atoms with Gasteiger partial charge in [-0.05, 0) is 24.6 Å². The molecule has 0 aliphatic rings. The van der Waals surface area contributed by atoms with Crippen molar-refractivity contribution >= 4 is 0 Å². The number of rotatable bonds is 10. The number of hydrogen-bond acceptors (Lipinski definition) is 2. The summed E-state index contributed by atoms with van der Waals surface area (Å²) in [5, 5.41) is 3.17. The van der Waals surface area contributed by atoms with Gasteiger partial charge in [-0.2, -0.15) is 0 Å². The van der Waals surface area contributed by atoms with Crippen molar-refractivity contribution in [2.45, 2.75) is 52.2 Å². The number of unbranched alkanes of at least 4 members (excludes halogenated alkanes) is 4. The van der Waals surface area contributed by atoms with Gasteiger partial charge in [-0.15, -0.1) is 0 Å². The van der Waals surface area contributed by atoms with Crippen LogP contribution in [0.1, 0.15) is 50.2 Å². The smallest absolute Gasteiger partial charge is 0.0716 e. The van der Waals surface area contributed by atoms with E-state index in [1.54, 1.807) is 0 Å². The first-order valence-corrected chi connectivity index (χ1v) is 7.17. The van der Waals surface area contributed by atoms with Gasteiger partial charge in [0.15, 0.2) is 0 Å². The van der Waals surface area contributed by atoms with E-state index in [4.69, 9.17) is 4.74 Å². The molecular weight excluding hydrogens is 222 g/mol. The molecule has 0 heterocycles. The molecule has 102 valence electrons. The van der Waals surface area contributed by atoms with Crippen LogP contribution in [0.3, 0.4) is 0 Å². The minimum absolute atomic E-state index is 0.741. The fraction of sp³-hybridized carbons (Fsp3) is 0.625. The van der Waals surface area contributed by atoms with E-state index in [1.165, 1.54) is 43.2 Å². The maximum atomic E-state index is 5.71. The summed E-state index contributed by atoms with van der Waals surface area (Å²) >= 11 is 0. The Morgan fingerprint density at radius 1 is 1.06 bits per heavy atom. The molecule has 0 saturated carbocycles. The SMILES string of the molecule is CCCCCCCOCc1cccc(CNC)c1. The predicted molar refractivity (Wildman–Crippen MR) is 77.6 cm³/mol. The summed E-state index contributed by atoms with van der Waals surface area (Å²) in [7, 11) is 1.97. The maximum absolute atomic E-state index is 5.71. The quantitative estimate of drug-likeness (QED) is 0.635. The lowest BCUT2D eigenvalue weighted by Crippen LogP contribution is -2.05. The van der Waals surface area contributed by atoms with Crippen molar-refractivity contribution in [2.24, 2.45) is 0 Å². The number of hydrogen-bond donors (Lipinski definition) is 1. The molecule has 0 fully saturated rings. The van der Waals surface area contributed by atoms with Crippen LogP contribution < -0.4 is 5.32 Å². The third-order valence-electron chi connectivity index (χ3n) is 3.03. The summed E-state index contributed by atoms with van der Waals surface area (Å²) in [5.74, 6) is 0. The zero-order valence-corrected chi connectivity index (χ0v) is 11.9. The molecule has 0 aliphatic heterocycles. The molecule has 1 aromatic carbocycles. The van der Waals surface area contributed by atoms with Crippen molar-refractivity contribution in [1.29, 1.82) is 0 Å². The van der Waals surface area contributed by atoms with Gasteiger partial charge in [-0.3, -0.25) is 0 Å². The van der Waals surface area contributed by atoms with Gasteiger partial charge < -0.3 is 10.1 Å². The highest BCUT2D eigenvalue weighted by Gasteiger charge is 1.96. The Kier molecular flexibility index (Phi) is 8.53. The van der Waals surface area contributed by atoms with Gasteiger partial charge in [-0.25, -0.2) is 0 Å². The van der Waals surface area contributed by atoms with Crippen molar-refractivity contribution in [2.75, 3.05) is 13.7 Å². The minimum Gasteiger partial charge on any atom is -0.377 e. The summed E-state index contributed by atoms with van der Waals surface area (Å²) in [4.78, 5) is 0. The highest BCUT2D eigenvalue weighted by atomic mass is 16.5. The monoisotopic (exact) mass is 249 g/mol. The highest BCUT2D eigenvalue weighted by Crippen LogP contribution is 2.08. The van der Waals surface area contributed by atoms with Crippen molar-refractivity contribution in [3.8, 4) is 0 Å². The molecule has 0 radical (unpaired) electrons. The molecule has 0 saturated heterocycles. The molecule has 2 nitrogen and oxygen atoms in total. The lowest BCUT2D eigenvalue weighted by atomic mass is 10.1. The minimum atomic E-state index is 0.741. The van der Waals surface area contributed by atoms with Crippen LogP contribution in [0, 0.1) is 0 Å². The third-order valence-corrected chi connectivity index (χ3v) is 3.03. The Hall–Kier alpha value is -0.860. The van der Waals surface area contributed by atoms with Crippen molar-refractivity contribution < 1.29 is 4.74 Å². The first-order valence-electron chi connectivity index (χ1n) is 7.17. The van der Waals surface area contributed by atoms with Gasteiger partial charge in [0.2, 0.25) is 0 Å². The molecule has 2 heteroatoms. The van der Waals surface area contributed by atoms with E-state index >= 15 is 0 Å². The molecule has 0 amide bonds. The van der Waals surface area contributed by atoms with Crippen LogP contribution >= 0.6 is 0 Å². The fourth-order valence-electron chi connectivity index (χ4n) is 2.03. The summed E-state index contributed by atoms with van der Waals surface area (Å²) in [5.41, 5.74) is 2.60. The molecule has 1 rings (SSSR count). The Morgan fingerprint density at radius 2 is 1.83 bits per heavy atom. The first-order chi connectivity index (χ1) is 8.86. The second-order valence-corrected chi connectivity index (χ2v) is 4.82. The van der Waals surface area contributed by atoms with Crippen LogP contribution in [0.5, 0.6) is 0 Å². The summed E-state index contributed by atoms with van der Waals surface area (Å²) < 4.78 is 5.71. The number of benzene rings is 1. The highest BCUT2D eigenvalue weighted by molar-refractivity contribution is 5.22. The Bertz CT molecular complexity index is 312. The predicted octanol–water partition coefficient (Wildman–Crippen LogP) is 3.89. The average Bonchev–Trinajstić information content (AvgIpc) is 2.39. The van der Waals surface area contributed by atoms with E-state index in [2.05, 4.69) is 36.5 Å². The molecule has 0 unspecified atom stereocenters. The summed E-state index contributed by atoms with van der Waals surface area (Å²) in [6, 6.07) is 8.60. The third kappa shape index (κ3) is 6.77. The van der Waals surface area contributed by atoms with Crippen molar-refractivity contribution in [3.05, 3.63) is 35.4 Å². The molecule has 1 N–H and O–H groups in total. The number of ether oxygens (including phenoxy) is 1. The van der Waals surface area contributed by atoms with Crippen molar-refractivity contribution in [3.63, 3.8) is 0 Å². The molecule has 18 heavy (non-hydrogen) atoms. The van der Waals surface area contributed by atoms with Crippen molar-refractivity contribution in [1.82, 2.24) is 5.32 Å². The normalized spacial score (nSPS) is 10.8. The molecule has 1 aromatic rings. The van der Waals surface area contributed by atoms with E-state index in [9.17, 15) is 0 Å². The maximum Gasteiger partial charge on any atom is 0.0716 e. The van der Waals surface area contributed by atoms with Gasteiger partial charge in [-0.1, -0.05) is 56.9 Å². The van der Waals surface area contributed by atoms with Crippen LogP contribution in [-0.2, 0) is 17.9 Å². The molecule has 0 spiro atoms. The van der Waals surface area contributed by atoms with E-state index in [-0.39, 0.29) is 0 Å². The van der Waals surface area contributed by atoms with Crippen LogP contribution in [0.2, 0.25) is 0 Å². The summed E-state index contributed by atoms with van der Waals surface area (Å²) in [6.45, 7) is 4.80. The average molecular weight is 249 g/mol. The lowest BCUT2D eigenvalue weighted by molar-refractivity contribution is 0.116. The van der Waals surface area contributed by atoms with E-state index in [0.717, 1.165) is 19.8 Å². The zero-order valence-electron chi connectivity index (χ0n) is 11.9. The van der Waals surface area contributed by atoms with E-state index < -0.39 is 0 Å². The Morgan fingerprint density at radius 3 is 2.61 bits per heavy atom. The Labute approximate surface area is 112 Å². The van der Waals surface area contributed by atoms with E-state index in [1.807, 2.05) is 7.05 Å². The van der Waals surface area contributed by atoms with Crippen LogP contribution in [-0.4, -0.2) is 13.7 Å². The van der Waals surface area contributed by atoms with Gasteiger partial charge in [0.05, 0.1) is 6.61 Å². The van der Waals surface area contributed by atoms with Gasteiger partial charge in [0.25, 0.3) is 0 Å². The van der Waals surface area contributed by atoms with Crippen LogP contribution in [0.15, 0.2) is 24.3 Å². The summed E-state index contributed by atoms with van der Waals surface area (Å²) in [6.07, 6.45) is 6.49. The molecular formula is C16H27NO. The largest absolute Gasteiger partial charge is 0.377 e. The van der Waals surface area contributed by atoms with Crippen LogP contribution in [0.25, 0.3) is 0 Å². The van der Waals surface area contributed by atoms with Gasteiger partial charge >= 0.3 is 0 Å². The van der Waals surface area contributed by atoms with Gasteiger partial charge in [0, 0.05) is 13.2 Å². The topological polar surface area (TPSA) is 21.3 Å². The standard InChI is InChI=1S/C16H27NO/c1-3-4-5-6-7-11-18-14-16-10-8-9-15(12-16)13-17-2/h8-10,12,17H,3-7,11,13-14H2,1-2H3. The fourth-order valence-corrected chi connectivity index (χ4v) is 2.03. The second kappa shape index (κ2) is 10.1. The molecule has 0 aromatic heterocycles. The Balaban J connectivity index is 2.13. The van der Waals surface area contributed by atoms with Crippen LogP contribution in [0.4, 0.5) is 0 Å². The first kappa shape index (κ1) is 15.2. The van der Waals surface area contributed by atoms with E-state index in [0.29, 0.717) is 0 Å². The molecule has 0 bridgehead atoms. The molecule has 0 atom stereocenters. The second-order valence-electron chi connectivity index (χ2n) is 4.82.